The first-order valence-corrected chi connectivity index (χ1v) is 8.54. The van der Waals surface area contributed by atoms with Gasteiger partial charge in [0.05, 0.1) is 19.2 Å². The smallest absolute Gasteiger partial charge is 0.254 e. The molecule has 1 atom stereocenters. The third kappa shape index (κ3) is 4.50. The Hall–Kier alpha value is -2.63. The molecule has 0 spiro atoms. The highest BCUT2D eigenvalue weighted by atomic mass is 35.5. The summed E-state index contributed by atoms with van der Waals surface area (Å²) in [6, 6.07) is 16.6. The van der Waals surface area contributed by atoms with Gasteiger partial charge in [-0.15, -0.1) is 0 Å². The van der Waals surface area contributed by atoms with Crippen molar-refractivity contribution in [3.63, 3.8) is 0 Å². The van der Waals surface area contributed by atoms with E-state index in [9.17, 15) is 4.79 Å². The van der Waals surface area contributed by atoms with Crippen molar-refractivity contribution in [2.75, 3.05) is 12.4 Å². The summed E-state index contributed by atoms with van der Waals surface area (Å²) in [5, 5.41) is 4.32. The zero-order valence-corrected chi connectivity index (χ0v) is 15.3. The number of amides is 1. The molecule has 6 heteroatoms. The van der Waals surface area contributed by atoms with Gasteiger partial charge in [0.1, 0.15) is 17.7 Å². The fourth-order valence-corrected chi connectivity index (χ4v) is 2.61. The molecule has 0 saturated carbocycles. The van der Waals surface area contributed by atoms with Crippen LogP contribution in [0.25, 0.3) is 10.9 Å². The van der Waals surface area contributed by atoms with Gasteiger partial charge in [-0.25, -0.2) is 4.98 Å². The number of hydrogen-bond acceptors (Lipinski definition) is 4. The van der Waals surface area contributed by atoms with E-state index < -0.39 is 6.10 Å². The Balaban J connectivity index is 1.61. The highest BCUT2D eigenvalue weighted by Gasteiger charge is 2.14. The monoisotopic (exact) mass is 370 g/mol. The molecule has 2 aromatic carbocycles. The van der Waals surface area contributed by atoms with Gasteiger partial charge in [-0.1, -0.05) is 29.8 Å². The number of carbonyl (C=O) groups excluding carboxylic acids is 1. The first kappa shape index (κ1) is 18.2. The molecular formula is C20H19ClN2O3. The van der Waals surface area contributed by atoms with Crippen molar-refractivity contribution in [3.05, 3.63) is 65.2 Å². The van der Waals surface area contributed by atoms with E-state index in [1.165, 1.54) is 0 Å². The normalized spacial score (nSPS) is 12.0. The number of aromatic nitrogens is 1. The van der Waals surface area contributed by atoms with Crippen LogP contribution in [0.4, 0.5) is 5.82 Å². The van der Waals surface area contributed by atoms with Crippen LogP contribution < -0.4 is 10.1 Å². The van der Waals surface area contributed by atoms with Gasteiger partial charge in [-0.05, 0) is 48.9 Å². The Morgan fingerprint density at radius 2 is 2.00 bits per heavy atom. The second-order valence-corrected chi connectivity index (χ2v) is 6.26. The minimum absolute atomic E-state index is 0.262. The van der Waals surface area contributed by atoms with Gasteiger partial charge in [0, 0.05) is 10.4 Å². The summed E-state index contributed by atoms with van der Waals surface area (Å²) in [4.78, 5) is 16.7. The molecule has 0 aliphatic heterocycles. The van der Waals surface area contributed by atoms with E-state index in [0.717, 1.165) is 22.2 Å². The molecule has 0 bridgehead atoms. The van der Waals surface area contributed by atoms with Gasteiger partial charge in [0.15, 0.2) is 0 Å². The van der Waals surface area contributed by atoms with Crippen molar-refractivity contribution in [2.45, 2.75) is 19.6 Å². The number of nitrogens with zero attached hydrogens (tertiary/aromatic N) is 1. The van der Waals surface area contributed by atoms with Crippen LogP contribution in [0.15, 0.2) is 54.6 Å². The molecule has 0 saturated heterocycles. The molecule has 1 heterocycles. The van der Waals surface area contributed by atoms with Crippen LogP contribution in [0.3, 0.4) is 0 Å². The lowest BCUT2D eigenvalue weighted by Crippen LogP contribution is -2.28. The summed E-state index contributed by atoms with van der Waals surface area (Å²) >= 11 is 5.99. The molecule has 3 aromatic rings. The number of nitrogens with one attached hydrogen (secondary N) is 1. The Kier molecular flexibility index (Phi) is 5.71. The van der Waals surface area contributed by atoms with Gasteiger partial charge in [0.2, 0.25) is 0 Å². The molecule has 0 aliphatic carbocycles. The average molecular weight is 371 g/mol. The van der Waals surface area contributed by atoms with Crippen LogP contribution in [-0.2, 0) is 16.1 Å². The maximum Gasteiger partial charge on any atom is 0.254 e. The molecule has 0 fully saturated rings. The molecule has 0 radical (unpaired) electrons. The van der Waals surface area contributed by atoms with E-state index in [1.54, 1.807) is 32.2 Å². The van der Waals surface area contributed by atoms with Crippen molar-refractivity contribution in [3.8, 4) is 5.75 Å². The molecular weight excluding hydrogens is 352 g/mol. The quantitative estimate of drug-likeness (QED) is 0.696. The second-order valence-electron chi connectivity index (χ2n) is 5.83. The van der Waals surface area contributed by atoms with Crippen LogP contribution in [0.1, 0.15) is 12.5 Å². The van der Waals surface area contributed by atoms with E-state index >= 15 is 0 Å². The van der Waals surface area contributed by atoms with E-state index in [1.807, 2.05) is 36.4 Å². The standard InChI is InChI=1S/C20H19ClN2O3/c1-13(26-12-14-4-3-5-17(10-14)25-2)20(24)23-19-9-7-15-6-8-16(21)11-18(15)22-19/h3-11,13H,12H2,1-2H3,(H,22,23,24)/t13-/m1/s1. The lowest BCUT2D eigenvalue weighted by atomic mass is 10.2. The maximum atomic E-state index is 12.3. The first-order valence-electron chi connectivity index (χ1n) is 8.17. The van der Waals surface area contributed by atoms with Gasteiger partial charge >= 0.3 is 0 Å². The predicted molar refractivity (Wildman–Crippen MR) is 103 cm³/mol. The first-order chi connectivity index (χ1) is 12.5. The molecule has 3 rings (SSSR count). The second kappa shape index (κ2) is 8.17. The lowest BCUT2D eigenvalue weighted by molar-refractivity contribution is -0.127. The van der Waals surface area contributed by atoms with Crippen molar-refractivity contribution in [1.29, 1.82) is 0 Å². The average Bonchev–Trinajstić information content (AvgIpc) is 2.65. The Morgan fingerprint density at radius 3 is 2.81 bits per heavy atom. The molecule has 1 N–H and O–H groups in total. The summed E-state index contributed by atoms with van der Waals surface area (Å²) in [5.41, 5.74) is 1.66. The van der Waals surface area contributed by atoms with Gasteiger partial charge in [-0.3, -0.25) is 4.79 Å². The lowest BCUT2D eigenvalue weighted by Gasteiger charge is -2.14. The summed E-state index contributed by atoms with van der Waals surface area (Å²) in [5.74, 6) is 0.950. The minimum Gasteiger partial charge on any atom is -0.497 e. The van der Waals surface area contributed by atoms with E-state index in [0.29, 0.717) is 17.4 Å². The van der Waals surface area contributed by atoms with Crippen molar-refractivity contribution in [2.24, 2.45) is 0 Å². The fraction of sp³-hybridized carbons (Fsp3) is 0.200. The molecule has 5 nitrogen and oxygen atoms in total. The summed E-state index contributed by atoms with van der Waals surface area (Å²) in [7, 11) is 1.61. The zero-order chi connectivity index (χ0) is 18.5. The Bertz CT molecular complexity index is 930. The predicted octanol–water partition coefficient (Wildman–Crippen LogP) is 4.44. The number of rotatable bonds is 6. The van der Waals surface area contributed by atoms with Crippen LogP contribution in [0.2, 0.25) is 5.02 Å². The number of ether oxygens (including phenoxy) is 2. The van der Waals surface area contributed by atoms with Gasteiger partial charge < -0.3 is 14.8 Å². The molecule has 26 heavy (non-hydrogen) atoms. The van der Waals surface area contributed by atoms with Gasteiger partial charge in [-0.2, -0.15) is 0 Å². The van der Waals surface area contributed by atoms with E-state index in [-0.39, 0.29) is 5.91 Å². The third-order valence-corrected chi connectivity index (χ3v) is 4.14. The largest absolute Gasteiger partial charge is 0.497 e. The van der Waals surface area contributed by atoms with Crippen LogP contribution >= 0.6 is 11.6 Å². The van der Waals surface area contributed by atoms with Crippen molar-refractivity contribution < 1.29 is 14.3 Å². The van der Waals surface area contributed by atoms with E-state index in [4.69, 9.17) is 21.1 Å². The number of methoxy groups -OCH3 is 1. The van der Waals surface area contributed by atoms with E-state index in [2.05, 4.69) is 10.3 Å². The highest BCUT2D eigenvalue weighted by molar-refractivity contribution is 6.31. The van der Waals surface area contributed by atoms with Gasteiger partial charge in [0.25, 0.3) is 5.91 Å². The third-order valence-electron chi connectivity index (χ3n) is 3.91. The zero-order valence-electron chi connectivity index (χ0n) is 14.5. The number of pyridine rings is 1. The molecule has 0 aliphatic rings. The number of carbonyl (C=O) groups is 1. The number of anilines is 1. The van der Waals surface area contributed by atoms with Crippen LogP contribution in [-0.4, -0.2) is 24.1 Å². The van der Waals surface area contributed by atoms with Crippen LogP contribution in [0.5, 0.6) is 5.75 Å². The molecule has 1 amide bonds. The summed E-state index contributed by atoms with van der Waals surface area (Å²) in [6.45, 7) is 2.01. The Labute approximate surface area is 156 Å². The molecule has 134 valence electrons. The summed E-state index contributed by atoms with van der Waals surface area (Å²) in [6.07, 6.45) is -0.627. The number of halogens is 1. The topological polar surface area (TPSA) is 60.5 Å². The molecule has 0 unspecified atom stereocenters. The highest BCUT2D eigenvalue weighted by Crippen LogP contribution is 2.20. The molecule has 1 aromatic heterocycles. The fourth-order valence-electron chi connectivity index (χ4n) is 2.45. The minimum atomic E-state index is -0.627. The van der Waals surface area contributed by atoms with Crippen molar-refractivity contribution in [1.82, 2.24) is 4.98 Å². The number of fused-ring (bicyclic) bond motifs is 1. The van der Waals surface area contributed by atoms with Crippen LogP contribution in [0, 0.1) is 0 Å². The Morgan fingerprint density at radius 1 is 1.19 bits per heavy atom. The van der Waals surface area contributed by atoms with Crippen molar-refractivity contribution >= 4 is 34.2 Å². The summed E-state index contributed by atoms with van der Waals surface area (Å²) < 4.78 is 10.8. The maximum absolute atomic E-state index is 12.3. The number of hydrogen-bond donors (Lipinski definition) is 1. The SMILES string of the molecule is COc1cccc(CO[C@H](C)C(=O)Nc2ccc3ccc(Cl)cc3n2)c1. The number of benzene rings is 2.